The highest BCUT2D eigenvalue weighted by Gasteiger charge is 2.52. The first kappa shape index (κ1) is 50.0. The maximum atomic E-state index is 4.11. The molecule has 15 rings (SSSR count). The van der Waals surface area contributed by atoms with E-state index in [0.717, 1.165) is 36.9 Å². The van der Waals surface area contributed by atoms with Crippen LogP contribution < -0.4 is 4.90 Å². The number of unbranched alkanes of at least 4 members (excludes halogenated alkanes) is 2. The van der Waals surface area contributed by atoms with Gasteiger partial charge in [0.05, 0.1) is 5.41 Å². The largest absolute Gasteiger partial charge is 0.310 e. The first-order chi connectivity index (χ1) is 40.2. The van der Waals surface area contributed by atoms with Crippen LogP contribution >= 0.6 is 0 Å². The van der Waals surface area contributed by atoms with Crippen molar-refractivity contribution >= 4 is 23.1 Å². The molecule has 1 unspecified atom stereocenters. The number of hydrogen-bond donors (Lipinski definition) is 0. The van der Waals surface area contributed by atoms with E-state index in [1.165, 1.54) is 147 Å². The monoisotopic (exact) mass is 1050 g/mol. The van der Waals surface area contributed by atoms with Gasteiger partial charge in [-0.3, -0.25) is 0 Å². The standard InChI is InChI=1S/C81H67N/c1-6-9-45-80(46-10-7-2)72-44-39-61(82(60-36-31-55(32-37-60)54-22-12-11-13-23-54)62-38-43-66-63-25-14-17-28-71(63)79(4,5)75(66)52-62)51-70(72)69-42-35-57(48-76(69)80)59-34-41-68-65-27-16-19-30-74(65)81(78(68)50-59)73-29-18-15-26-64(73)67-40-33-58(49-77(67)81)56-24-20-21-53(8-3)47-56/h8,11-44,47-52H,3,6-7,9-10,45-46H2,1-2,4-5H3. The average molecular weight is 1050 g/mol. The minimum absolute atomic E-state index is 0.117. The molecule has 0 heterocycles. The molecular weight excluding hydrogens is 987 g/mol. The van der Waals surface area contributed by atoms with Gasteiger partial charge in [0.25, 0.3) is 0 Å². The van der Waals surface area contributed by atoms with Crippen LogP contribution in [0.15, 0.2) is 249 Å². The van der Waals surface area contributed by atoms with Crippen molar-refractivity contribution < 1.29 is 0 Å². The maximum absolute atomic E-state index is 4.11. The molecule has 0 bridgehead atoms. The second-order valence-electron chi connectivity index (χ2n) is 24.1. The van der Waals surface area contributed by atoms with Gasteiger partial charge < -0.3 is 4.90 Å². The van der Waals surface area contributed by atoms with Crippen LogP contribution in [-0.2, 0) is 16.2 Å². The summed E-state index contributed by atoms with van der Waals surface area (Å²) in [4.78, 5) is 2.51. The lowest BCUT2D eigenvalue weighted by Gasteiger charge is -2.33. The van der Waals surface area contributed by atoms with E-state index in [1.54, 1.807) is 0 Å². The Morgan fingerprint density at radius 1 is 0.329 bits per heavy atom. The zero-order chi connectivity index (χ0) is 55.3. The maximum Gasteiger partial charge on any atom is 0.0725 e. The second-order valence-corrected chi connectivity index (χ2v) is 24.1. The molecular formula is C81H67N. The van der Waals surface area contributed by atoms with E-state index in [2.05, 4.69) is 282 Å². The fourth-order valence-corrected chi connectivity index (χ4v) is 15.5. The third-order valence-corrected chi connectivity index (χ3v) is 19.5. The Kier molecular flexibility index (Phi) is 11.8. The normalized spacial score (nSPS) is 15.7. The molecule has 1 spiro atoms. The quantitative estimate of drug-likeness (QED) is 0.111. The molecule has 4 aliphatic carbocycles. The summed E-state index contributed by atoms with van der Waals surface area (Å²) in [5.41, 5.74) is 33.1. The molecule has 0 fully saturated rings. The Labute approximate surface area is 485 Å². The highest BCUT2D eigenvalue weighted by Crippen LogP contribution is 2.64. The molecule has 4 aliphatic rings. The Hall–Kier alpha value is -9.04. The molecule has 396 valence electrons. The Morgan fingerprint density at radius 2 is 0.768 bits per heavy atom. The first-order valence-corrected chi connectivity index (χ1v) is 30.0. The molecule has 0 radical (unpaired) electrons. The van der Waals surface area contributed by atoms with Gasteiger partial charge in [0.1, 0.15) is 0 Å². The molecule has 0 N–H and O–H groups in total. The molecule has 11 aromatic rings. The highest BCUT2D eigenvalue weighted by atomic mass is 15.1. The molecule has 1 nitrogen and oxygen atoms in total. The van der Waals surface area contributed by atoms with Crippen molar-refractivity contribution in [1.82, 2.24) is 0 Å². The van der Waals surface area contributed by atoms with Gasteiger partial charge in [0.15, 0.2) is 0 Å². The van der Waals surface area contributed by atoms with Gasteiger partial charge in [-0.15, -0.1) is 0 Å². The van der Waals surface area contributed by atoms with Crippen LogP contribution in [0.4, 0.5) is 17.1 Å². The summed E-state index contributed by atoms with van der Waals surface area (Å²) in [6.07, 6.45) is 8.82. The summed E-state index contributed by atoms with van der Waals surface area (Å²) in [5.74, 6) is 0. The smallest absolute Gasteiger partial charge is 0.0725 e. The van der Waals surface area contributed by atoms with Gasteiger partial charge in [-0.25, -0.2) is 0 Å². The predicted molar refractivity (Wildman–Crippen MR) is 347 cm³/mol. The molecule has 82 heavy (non-hydrogen) atoms. The van der Waals surface area contributed by atoms with Crippen LogP contribution in [-0.4, -0.2) is 0 Å². The number of hydrogen-bond acceptors (Lipinski definition) is 1. The van der Waals surface area contributed by atoms with E-state index in [4.69, 9.17) is 0 Å². The number of nitrogens with zero attached hydrogens (tertiary/aromatic N) is 1. The third kappa shape index (κ3) is 7.38. The van der Waals surface area contributed by atoms with Crippen molar-refractivity contribution in [3.05, 3.63) is 299 Å². The first-order valence-electron chi connectivity index (χ1n) is 30.0. The summed E-state index contributed by atoms with van der Waals surface area (Å²) in [5, 5.41) is 0. The molecule has 1 heteroatoms. The molecule has 11 aromatic carbocycles. The van der Waals surface area contributed by atoms with Crippen LogP contribution in [0, 0.1) is 0 Å². The van der Waals surface area contributed by atoms with Crippen molar-refractivity contribution in [2.45, 2.75) is 82.5 Å². The van der Waals surface area contributed by atoms with E-state index in [1.807, 2.05) is 6.08 Å². The third-order valence-electron chi connectivity index (χ3n) is 19.5. The Bertz CT molecular complexity index is 4340. The zero-order valence-electron chi connectivity index (χ0n) is 47.6. The van der Waals surface area contributed by atoms with Crippen molar-refractivity contribution in [1.29, 1.82) is 0 Å². The molecule has 0 aromatic heterocycles. The summed E-state index contributed by atoms with van der Waals surface area (Å²) >= 11 is 0. The van der Waals surface area contributed by atoms with Gasteiger partial charge in [0, 0.05) is 27.9 Å². The Morgan fingerprint density at radius 3 is 1.38 bits per heavy atom. The van der Waals surface area contributed by atoms with Crippen LogP contribution in [0.2, 0.25) is 0 Å². The minimum Gasteiger partial charge on any atom is -0.310 e. The lowest BCUT2D eigenvalue weighted by Crippen LogP contribution is -2.26. The minimum atomic E-state index is -0.485. The van der Waals surface area contributed by atoms with Gasteiger partial charge in [-0.1, -0.05) is 248 Å². The molecule has 0 saturated carbocycles. The fraction of sp³-hybridized carbons (Fsp3) is 0.160. The number of anilines is 3. The van der Waals surface area contributed by atoms with Crippen LogP contribution in [0.1, 0.15) is 116 Å². The van der Waals surface area contributed by atoms with E-state index in [0.29, 0.717) is 0 Å². The number of benzene rings is 11. The van der Waals surface area contributed by atoms with E-state index < -0.39 is 5.41 Å². The number of fused-ring (bicyclic) bond motifs is 16. The lowest BCUT2D eigenvalue weighted by molar-refractivity contribution is 0.414. The fourth-order valence-electron chi connectivity index (χ4n) is 15.5. The number of rotatable bonds is 13. The van der Waals surface area contributed by atoms with Crippen LogP contribution in [0.5, 0.6) is 0 Å². The molecule has 0 aliphatic heterocycles. The SMILES string of the molecule is C=Cc1cccc(-c2ccc3c(c2)C2(c4ccccc4-3)c3ccccc3-c3ccc(-c4ccc5c(c4)C(CCCC)(CCCC)c4ccc(N(c6ccc(-c7ccccc7)cc6)c6ccc7c(c6)C(C)(C)c6ccccc6-7)cc4-5)cc32)c1. The van der Waals surface area contributed by atoms with Crippen molar-refractivity contribution in [3.63, 3.8) is 0 Å². The highest BCUT2D eigenvalue weighted by molar-refractivity contribution is 5.98. The molecule has 0 saturated heterocycles. The van der Waals surface area contributed by atoms with Crippen molar-refractivity contribution in [2.75, 3.05) is 4.90 Å². The van der Waals surface area contributed by atoms with Gasteiger partial charge >= 0.3 is 0 Å². The van der Waals surface area contributed by atoms with Crippen LogP contribution in [0.25, 0.3) is 84.0 Å². The average Bonchev–Trinajstić information content (AvgIpc) is 2.38. The summed E-state index contributed by atoms with van der Waals surface area (Å²) < 4.78 is 0. The Balaban J connectivity index is 0.894. The van der Waals surface area contributed by atoms with Gasteiger partial charge in [-0.2, -0.15) is 0 Å². The second kappa shape index (κ2) is 19.3. The van der Waals surface area contributed by atoms with Crippen molar-refractivity contribution in [3.8, 4) is 77.9 Å². The van der Waals surface area contributed by atoms with Crippen LogP contribution in [0.3, 0.4) is 0 Å². The molecule has 1 atom stereocenters. The van der Waals surface area contributed by atoms with Crippen molar-refractivity contribution in [2.24, 2.45) is 0 Å². The van der Waals surface area contributed by atoms with E-state index in [9.17, 15) is 0 Å². The molecule has 0 amide bonds. The predicted octanol–water partition coefficient (Wildman–Crippen LogP) is 22.1. The van der Waals surface area contributed by atoms with E-state index in [-0.39, 0.29) is 10.8 Å². The zero-order valence-corrected chi connectivity index (χ0v) is 47.6. The summed E-state index contributed by atoms with van der Waals surface area (Å²) in [7, 11) is 0. The van der Waals surface area contributed by atoms with Gasteiger partial charge in [-0.05, 0) is 201 Å². The topological polar surface area (TPSA) is 3.24 Å². The summed E-state index contributed by atoms with van der Waals surface area (Å²) in [6.45, 7) is 13.6. The van der Waals surface area contributed by atoms with E-state index >= 15 is 0 Å². The summed E-state index contributed by atoms with van der Waals surface area (Å²) in [6, 6.07) is 93.0. The lowest BCUT2D eigenvalue weighted by atomic mass is 9.69. The van der Waals surface area contributed by atoms with Gasteiger partial charge in [0.2, 0.25) is 0 Å².